The van der Waals surface area contributed by atoms with Gasteiger partial charge in [-0.05, 0) is 55.9 Å². The van der Waals surface area contributed by atoms with E-state index in [0.717, 1.165) is 19.3 Å². The molecule has 3 nitrogen and oxygen atoms in total. The minimum absolute atomic E-state index is 0.174. The molecule has 0 radical (unpaired) electrons. The molecule has 1 saturated carbocycles. The number of aliphatic hydroxyl groups is 1. The highest BCUT2D eigenvalue weighted by Gasteiger charge is 2.35. The molecule has 0 aromatic carbocycles. The van der Waals surface area contributed by atoms with Crippen molar-refractivity contribution in [1.82, 2.24) is 0 Å². The average molecular weight is 250 g/mol. The van der Waals surface area contributed by atoms with Gasteiger partial charge in [0.25, 0.3) is 0 Å². The predicted octanol–water partition coefficient (Wildman–Crippen LogP) is 2.76. The Morgan fingerprint density at radius 1 is 1.50 bits per heavy atom. The van der Waals surface area contributed by atoms with E-state index in [1.807, 2.05) is 6.08 Å². The maximum absolute atomic E-state index is 10.9. The first-order chi connectivity index (χ1) is 8.52. The molecular weight excluding hydrogens is 228 g/mol. The van der Waals surface area contributed by atoms with E-state index < -0.39 is 5.97 Å². The molecule has 2 aliphatic carbocycles. The zero-order valence-electron chi connectivity index (χ0n) is 11.1. The molecule has 2 N–H and O–H groups in total. The zero-order chi connectivity index (χ0) is 13.3. The van der Waals surface area contributed by atoms with E-state index in [4.69, 9.17) is 5.11 Å². The van der Waals surface area contributed by atoms with E-state index in [1.165, 1.54) is 17.6 Å². The maximum atomic E-state index is 10.9. The van der Waals surface area contributed by atoms with Crippen molar-refractivity contribution in [2.24, 2.45) is 17.8 Å². The molecule has 0 unspecified atom stereocenters. The Kier molecular flexibility index (Phi) is 3.91. The molecule has 3 heteroatoms. The summed E-state index contributed by atoms with van der Waals surface area (Å²) in [5.41, 5.74) is 3.06. The van der Waals surface area contributed by atoms with Crippen LogP contribution in [-0.2, 0) is 4.79 Å². The van der Waals surface area contributed by atoms with Gasteiger partial charge in [-0.3, -0.25) is 0 Å². The first kappa shape index (κ1) is 13.3. The van der Waals surface area contributed by atoms with Crippen molar-refractivity contribution in [3.05, 3.63) is 22.8 Å². The van der Waals surface area contributed by atoms with Gasteiger partial charge in [-0.1, -0.05) is 18.6 Å². The quantitative estimate of drug-likeness (QED) is 0.598. The standard InChI is InChI=1S/C15H22O3/c1-9-5-11(6-10(2)15(17)18)7-14-12(8-16)3-4-13(9)14/h6,9,11,13,16H,3-5,7-8H2,1-2H3,(H,17,18)/t9-,11+,13-/m0/s1. The molecule has 0 spiro atoms. The SMILES string of the molecule is CC(=C[C@@H]1CC2=C(CO)CC[C@H]2[C@@H](C)C1)C(=O)O. The largest absolute Gasteiger partial charge is 0.478 e. The lowest BCUT2D eigenvalue weighted by Gasteiger charge is -2.33. The summed E-state index contributed by atoms with van der Waals surface area (Å²) in [6.45, 7) is 4.09. The van der Waals surface area contributed by atoms with Crippen LogP contribution in [0.4, 0.5) is 0 Å². The highest BCUT2D eigenvalue weighted by molar-refractivity contribution is 5.85. The fourth-order valence-corrected chi connectivity index (χ4v) is 3.59. The van der Waals surface area contributed by atoms with Gasteiger partial charge in [0.1, 0.15) is 0 Å². The van der Waals surface area contributed by atoms with Crippen molar-refractivity contribution in [2.75, 3.05) is 6.61 Å². The number of aliphatic carboxylic acids is 1. The molecule has 3 atom stereocenters. The van der Waals surface area contributed by atoms with Gasteiger partial charge >= 0.3 is 5.97 Å². The van der Waals surface area contributed by atoms with E-state index in [-0.39, 0.29) is 6.61 Å². The van der Waals surface area contributed by atoms with Crippen molar-refractivity contribution in [3.8, 4) is 0 Å². The van der Waals surface area contributed by atoms with Crippen LogP contribution in [0.5, 0.6) is 0 Å². The topological polar surface area (TPSA) is 57.5 Å². The molecule has 0 saturated heterocycles. The molecule has 2 aliphatic rings. The van der Waals surface area contributed by atoms with E-state index in [9.17, 15) is 9.90 Å². The van der Waals surface area contributed by atoms with Crippen LogP contribution >= 0.6 is 0 Å². The lowest BCUT2D eigenvalue weighted by molar-refractivity contribution is -0.132. The molecule has 0 aromatic rings. The summed E-state index contributed by atoms with van der Waals surface area (Å²) in [4.78, 5) is 10.9. The summed E-state index contributed by atoms with van der Waals surface area (Å²) in [5, 5.41) is 18.3. The van der Waals surface area contributed by atoms with Crippen molar-refractivity contribution in [3.63, 3.8) is 0 Å². The first-order valence-corrected chi connectivity index (χ1v) is 6.76. The smallest absolute Gasteiger partial charge is 0.330 e. The summed E-state index contributed by atoms with van der Waals surface area (Å²) in [6.07, 6.45) is 6.10. The molecule has 0 aliphatic heterocycles. The minimum atomic E-state index is -0.826. The van der Waals surface area contributed by atoms with Gasteiger partial charge in [0.05, 0.1) is 6.61 Å². The van der Waals surface area contributed by atoms with Crippen LogP contribution in [0, 0.1) is 17.8 Å². The average Bonchev–Trinajstić information content (AvgIpc) is 2.72. The van der Waals surface area contributed by atoms with Crippen LogP contribution in [0.1, 0.15) is 39.5 Å². The molecule has 2 rings (SSSR count). The number of allylic oxidation sites excluding steroid dienone is 2. The van der Waals surface area contributed by atoms with Crippen molar-refractivity contribution >= 4 is 5.97 Å². The van der Waals surface area contributed by atoms with Crippen LogP contribution in [0.2, 0.25) is 0 Å². The molecule has 0 heterocycles. The second-order valence-corrected chi connectivity index (χ2v) is 5.76. The molecule has 0 bridgehead atoms. The Labute approximate surface area is 108 Å². The Morgan fingerprint density at radius 2 is 2.22 bits per heavy atom. The number of hydrogen-bond acceptors (Lipinski definition) is 2. The van der Waals surface area contributed by atoms with Gasteiger partial charge in [0.15, 0.2) is 0 Å². The van der Waals surface area contributed by atoms with Crippen LogP contribution in [-0.4, -0.2) is 22.8 Å². The number of fused-ring (bicyclic) bond motifs is 1. The lowest BCUT2D eigenvalue weighted by atomic mass is 9.72. The summed E-state index contributed by atoms with van der Waals surface area (Å²) in [7, 11) is 0. The molecular formula is C15H22O3. The first-order valence-electron chi connectivity index (χ1n) is 6.76. The summed E-state index contributed by atoms with van der Waals surface area (Å²) in [5.74, 6) is 0.720. The summed E-state index contributed by atoms with van der Waals surface area (Å²) in [6, 6.07) is 0. The second kappa shape index (κ2) is 5.27. The van der Waals surface area contributed by atoms with Crippen LogP contribution in [0.3, 0.4) is 0 Å². The van der Waals surface area contributed by atoms with Gasteiger partial charge in [-0.2, -0.15) is 0 Å². The third kappa shape index (κ3) is 2.51. The van der Waals surface area contributed by atoms with Crippen molar-refractivity contribution < 1.29 is 15.0 Å². The number of rotatable bonds is 3. The van der Waals surface area contributed by atoms with Crippen LogP contribution in [0.25, 0.3) is 0 Å². The third-order valence-electron chi connectivity index (χ3n) is 4.52. The van der Waals surface area contributed by atoms with E-state index in [0.29, 0.717) is 23.3 Å². The number of carboxylic acid groups (broad SMARTS) is 1. The van der Waals surface area contributed by atoms with Gasteiger partial charge in [0.2, 0.25) is 0 Å². The normalized spacial score (nSPS) is 32.6. The molecule has 100 valence electrons. The predicted molar refractivity (Wildman–Crippen MR) is 70.1 cm³/mol. The van der Waals surface area contributed by atoms with Crippen molar-refractivity contribution in [2.45, 2.75) is 39.5 Å². The van der Waals surface area contributed by atoms with Gasteiger partial charge in [-0.15, -0.1) is 0 Å². The van der Waals surface area contributed by atoms with E-state index in [2.05, 4.69) is 6.92 Å². The Bertz CT molecular complexity index is 406. The molecule has 0 amide bonds. The Hall–Kier alpha value is -1.09. The van der Waals surface area contributed by atoms with Crippen molar-refractivity contribution in [1.29, 1.82) is 0 Å². The van der Waals surface area contributed by atoms with Gasteiger partial charge in [0, 0.05) is 5.57 Å². The maximum Gasteiger partial charge on any atom is 0.330 e. The van der Waals surface area contributed by atoms with Gasteiger partial charge < -0.3 is 10.2 Å². The highest BCUT2D eigenvalue weighted by Crippen LogP contribution is 2.47. The number of aliphatic hydroxyl groups excluding tert-OH is 1. The molecule has 1 fully saturated rings. The lowest BCUT2D eigenvalue weighted by Crippen LogP contribution is -2.23. The number of carboxylic acids is 1. The molecule has 18 heavy (non-hydrogen) atoms. The van der Waals surface area contributed by atoms with Crippen LogP contribution < -0.4 is 0 Å². The Morgan fingerprint density at radius 3 is 2.83 bits per heavy atom. The van der Waals surface area contributed by atoms with Gasteiger partial charge in [-0.25, -0.2) is 4.79 Å². The zero-order valence-corrected chi connectivity index (χ0v) is 11.1. The monoisotopic (exact) mass is 250 g/mol. The fraction of sp³-hybridized carbons (Fsp3) is 0.667. The second-order valence-electron chi connectivity index (χ2n) is 5.76. The Balaban J connectivity index is 2.18. The minimum Gasteiger partial charge on any atom is -0.478 e. The number of hydrogen-bond donors (Lipinski definition) is 2. The van der Waals surface area contributed by atoms with E-state index in [1.54, 1.807) is 6.92 Å². The molecule has 0 aromatic heterocycles. The van der Waals surface area contributed by atoms with E-state index >= 15 is 0 Å². The number of carbonyl (C=O) groups is 1. The summed E-state index contributed by atoms with van der Waals surface area (Å²) < 4.78 is 0. The highest BCUT2D eigenvalue weighted by atomic mass is 16.4. The summed E-state index contributed by atoms with van der Waals surface area (Å²) >= 11 is 0. The third-order valence-corrected chi connectivity index (χ3v) is 4.52. The van der Waals surface area contributed by atoms with Crippen LogP contribution in [0.15, 0.2) is 22.8 Å². The fourth-order valence-electron chi connectivity index (χ4n) is 3.59.